The predicted molar refractivity (Wildman–Crippen MR) is 71.1 cm³/mol. The molecule has 0 fully saturated rings. The summed E-state index contributed by atoms with van der Waals surface area (Å²) in [4.78, 5) is 12.8. The molecule has 5 heteroatoms. The number of pyridine rings is 2. The van der Waals surface area contributed by atoms with Gasteiger partial charge in [-0.05, 0) is 12.1 Å². The van der Waals surface area contributed by atoms with Gasteiger partial charge < -0.3 is 4.74 Å². The molecule has 3 aromatic rings. The van der Waals surface area contributed by atoms with Crippen molar-refractivity contribution in [3.8, 4) is 23.0 Å². The van der Waals surface area contributed by atoms with Crippen LogP contribution >= 0.6 is 0 Å². The second-order valence-electron chi connectivity index (χ2n) is 3.92. The standard InChI is InChI=1S/C14H12N4O/c1-19-12-8-11(9-15-10-12)18-7-6-17-14(18)13-4-2-3-5-16-13/h2-10H,1H3. The van der Waals surface area contributed by atoms with E-state index in [0.29, 0.717) is 5.75 Å². The highest BCUT2D eigenvalue weighted by molar-refractivity contribution is 5.54. The first-order valence-electron chi connectivity index (χ1n) is 5.82. The molecule has 0 atom stereocenters. The molecule has 0 unspecified atom stereocenters. The monoisotopic (exact) mass is 252 g/mol. The van der Waals surface area contributed by atoms with Crippen molar-refractivity contribution >= 4 is 0 Å². The van der Waals surface area contributed by atoms with Crippen LogP contribution in [0.3, 0.4) is 0 Å². The molecule has 3 heterocycles. The third-order valence-corrected chi connectivity index (χ3v) is 2.75. The molecule has 3 rings (SSSR count). The fourth-order valence-corrected chi connectivity index (χ4v) is 1.85. The highest BCUT2D eigenvalue weighted by atomic mass is 16.5. The van der Waals surface area contributed by atoms with E-state index in [1.54, 1.807) is 31.9 Å². The van der Waals surface area contributed by atoms with Gasteiger partial charge >= 0.3 is 0 Å². The molecule has 0 radical (unpaired) electrons. The van der Waals surface area contributed by atoms with E-state index in [4.69, 9.17) is 4.74 Å². The second-order valence-corrected chi connectivity index (χ2v) is 3.92. The zero-order chi connectivity index (χ0) is 13.1. The minimum Gasteiger partial charge on any atom is -0.495 e. The number of ether oxygens (including phenoxy) is 1. The lowest BCUT2D eigenvalue weighted by Crippen LogP contribution is -1.98. The molecule has 0 aliphatic rings. The van der Waals surface area contributed by atoms with Gasteiger partial charge in [0.25, 0.3) is 0 Å². The summed E-state index contributed by atoms with van der Waals surface area (Å²) in [7, 11) is 1.62. The zero-order valence-electron chi connectivity index (χ0n) is 10.4. The molecule has 0 saturated heterocycles. The maximum atomic E-state index is 5.19. The lowest BCUT2D eigenvalue weighted by atomic mass is 10.3. The van der Waals surface area contributed by atoms with Crippen LogP contribution in [-0.2, 0) is 0 Å². The van der Waals surface area contributed by atoms with E-state index in [0.717, 1.165) is 17.2 Å². The highest BCUT2D eigenvalue weighted by Gasteiger charge is 2.09. The minimum atomic E-state index is 0.707. The van der Waals surface area contributed by atoms with E-state index in [9.17, 15) is 0 Å². The van der Waals surface area contributed by atoms with Gasteiger partial charge in [0.1, 0.15) is 11.4 Å². The Morgan fingerprint density at radius 2 is 2.05 bits per heavy atom. The van der Waals surface area contributed by atoms with Crippen LogP contribution < -0.4 is 4.74 Å². The Morgan fingerprint density at radius 1 is 1.11 bits per heavy atom. The maximum Gasteiger partial charge on any atom is 0.163 e. The van der Waals surface area contributed by atoms with E-state index in [1.807, 2.05) is 35.0 Å². The first-order chi connectivity index (χ1) is 9.38. The van der Waals surface area contributed by atoms with Gasteiger partial charge in [0.2, 0.25) is 0 Å². The predicted octanol–water partition coefficient (Wildman–Crippen LogP) is 2.34. The SMILES string of the molecule is COc1cncc(-n2ccnc2-c2ccccn2)c1. The quantitative estimate of drug-likeness (QED) is 0.718. The van der Waals surface area contributed by atoms with Gasteiger partial charge in [0.15, 0.2) is 5.82 Å². The van der Waals surface area contributed by atoms with Crippen molar-refractivity contribution in [2.45, 2.75) is 0 Å². The van der Waals surface area contributed by atoms with Crippen LogP contribution in [0.25, 0.3) is 17.2 Å². The minimum absolute atomic E-state index is 0.707. The summed E-state index contributed by atoms with van der Waals surface area (Å²) in [5.41, 5.74) is 1.70. The van der Waals surface area contributed by atoms with Gasteiger partial charge in [-0.25, -0.2) is 4.98 Å². The van der Waals surface area contributed by atoms with E-state index >= 15 is 0 Å². The Balaban J connectivity index is 2.09. The lowest BCUT2D eigenvalue weighted by Gasteiger charge is -2.08. The van der Waals surface area contributed by atoms with E-state index in [1.165, 1.54) is 0 Å². The van der Waals surface area contributed by atoms with Gasteiger partial charge in [-0.3, -0.25) is 14.5 Å². The molecule has 0 aromatic carbocycles. The summed E-state index contributed by atoms with van der Waals surface area (Å²) in [6.07, 6.45) is 8.79. The summed E-state index contributed by atoms with van der Waals surface area (Å²) in [5.74, 6) is 1.48. The number of rotatable bonds is 3. The Kier molecular flexibility index (Phi) is 2.94. The zero-order valence-corrected chi connectivity index (χ0v) is 10.4. The van der Waals surface area contributed by atoms with Crippen molar-refractivity contribution in [3.05, 3.63) is 55.2 Å². The Bertz CT molecular complexity index is 679. The lowest BCUT2D eigenvalue weighted by molar-refractivity contribution is 0.412. The van der Waals surface area contributed by atoms with Crippen LogP contribution in [0.2, 0.25) is 0 Å². The Morgan fingerprint density at radius 3 is 2.84 bits per heavy atom. The molecule has 3 aromatic heterocycles. The van der Waals surface area contributed by atoms with Gasteiger partial charge in [-0.15, -0.1) is 0 Å². The first kappa shape index (κ1) is 11.4. The number of hydrogen-bond acceptors (Lipinski definition) is 4. The second kappa shape index (κ2) is 4.89. The molecule has 0 amide bonds. The molecular formula is C14H12N4O. The van der Waals surface area contributed by atoms with Gasteiger partial charge in [0, 0.05) is 24.7 Å². The van der Waals surface area contributed by atoms with Crippen molar-refractivity contribution in [2.24, 2.45) is 0 Å². The van der Waals surface area contributed by atoms with Crippen LogP contribution in [0.5, 0.6) is 5.75 Å². The summed E-state index contributed by atoms with van der Waals surface area (Å²) < 4.78 is 7.12. The number of imidazole rings is 1. The third kappa shape index (κ3) is 2.18. The van der Waals surface area contributed by atoms with E-state index in [-0.39, 0.29) is 0 Å². The largest absolute Gasteiger partial charge is 0.495 e. The van der Waals surface area contributed by atoms with E-state index < -0.39 is 0 Å². The van der Waals surface area contributed by atoms with Crippen molar-refractivity contribution in [3.63, 3.8) is 0 Å². The molecule has 0 spiro atoms. The topological polar surface area (TPSA) is 52.8 Å². The maximum absolute atomic E-state index is 5.19. The van der Waals surface area contributed by atoms with Crippen molar-refractivity contribution in [2.75, 3.05) is 7.11 Å². The van der Waals surface area contributed by atoms with Gasteiger partial charge in [-0.2, -0.15) is 0 Å². The summed E-state index contributed by atoms with van der Waals surface area (Å²) in [6.45, 7) is 0. The average molecular weight is 252 g/mol. The van der Waals surface area contributed by atoms with Crippen LogP contribution in [0.15, 0.2) is 55.2 Å². The number of aromatic nitrogens is 4. The molecular weight excluding hydrogens is 240 g/mol. The highest BCUT2D eigenvalue weighted by Crippen LogP contribution is 2.21. The van der Waals surface area contributed by atoms with E-state index in [2.05, 4.69) is 15.0 Å². The molecule has 0 saturated carbocycles. The van der Waals surface area contributed by atoms with Crippen LogP contribution in [0.1, 0.15) is 0 Å². The first-order valence-corrected chi connectivity index (χ1v) is 5.82. The van der Waals surface area contributed by atoms with Crippen molar-refractivity contribution in [1.82, 2.24) is 19.5 Å². The average Bonchev–Trinajstić information content (AvgIpc) is 2.98. The molecule has 0 N–H and O–H groups in total. The molecule has 19 heavy (non-hydrogen) atoms. The summed E-state index contributed by atoms with van der Waals surface area (Å²) in [5, 5.41) is 0. The third-order valence-electron chi connectivity index (χ3n) is 2.75. The summed E-state index contributed by atoms with van der Waals surface area (Å²) >= 11 is 0. The Hall–Kier alpha value is -2.69. The van der Waals surface area contributed by atoms with Gasteiger partial charge in [-0.1, -0.05) is 6.07 Å². The Labute approximate surface area is 110 Å². The van der Waals surface area contributed by atoms with Crippen LogP contribution in [-0.4, -0.2) is 26.6 Å². The fourth-order valence-electron chi connectivity index (χ4n) is 1.85. The van der Waals surface area contributed by atoms with Crippen LogP contribution in [0.4, 0.5) is 0 Å². The molecule has 0 aliphatic heterocycles. The smallest absolute Gasteiger partial charge is 0.163 e. The fraction of sp³-hybridized carbons (Fsp3) is 0.0714. The van der Waals surface area contributed by atoms with Crippen LogP contribution in [0, 0.1) is 0 Å². The number of methoxy groups -OCH3 is 1. The normalized spacial score (nSPS) is 10.4. The molecule has 0 bridgehead atoms. The summed E-state index contributed by atoms with van der Waals surface area (Å²) in [6, 6.07) is 7.64. The van der Waals surface area contributed by atoms with Gasteiger partial charge in [0.05, 0.1) is 25.2 Å². The van der Waals surface area contributed by atoms with Crippen molar-refractivity contribution in [1.29, 1.82) is 0 Å². The van der Waals surface area contributed by atoms with Crippen molar-refractivity contribution < 1.29 is 4.74 Å². The molecule has 5 nitrogen and oxygen atoms in total. The number of nitrogens with zero attached hydrogens (tertiary/aromatic N) is 4. The molecule has 94 valence electrons. The molecule has 0 aliphatic carbocycles. The number of hydrogen-bond donors (Lipinski definition) is 0.